The van der Waals surface area contributed by atoms with Gasteiger partial charge in [-0.3, -0.25) is 9.59 Å². The smallest absolute Gasteiger partial charge is 0.291 e. The number of sulfonamides is 1. The predicted octanol–water partition coefficient (Wildman–Crippen LogP) is 3.61. The number of aryl methyl sites for hydroxylation is 1. The van der Waals surface area contributed by atoms with Crippen molar-refractivity contribution >= 4 is 33.2 Å². The molecule has 1 aromatic carbocycles. The van der Waals surface area contributed by atoms with Crippen molar-refractivity contribution in [2.24, 2.45) is 5.92 Å². The lowest BCUT2D eigenvalue weighted by Gasteiger charge is -2.24. The second kappa shape index (κ2) is 9.01. The first-order chi connectivity index (χ1) is 14.2. The van der Waals surface area contributed by atoms with Gasteiger partial charge in [0.1, 0.15) is 0 Å². The van der Waals surface area contributed by atoms with Crippen LogP contribution in [-0.4, -0.2) is 37.6 Å². The van der Waals surface area contributed by atoms with E-state index >= 15 is 0 Å². The van der Waals surface area contributed by atoms with Gasteiger partial charge in [-0.2, -0.15) is 4.31 Å². The zero-order valence-electron chi connectivity index (χ0n) is 17.4. The van der Waals surface area contributed by atoms with Crippen LogP contribution in [0.3, 0.4) is 0 Å². The summed E-state index contributed by atoms with van der Waals surface area (Å²) < 4.78 is 32.2. The van der Waals surface area contributed by atoms with E-state index in [0.717, 1.165) is 24.8 Å². The number of furan rings is 1. The maximum Gasteiger partial charge on any atom is 0.291 e. The number of benzene rings is 1. The molecule has 0 aliphatic carbocycles. The molecule has 1 aliphatic rings. The van der Waals surface area contributed by atoms with Gasteiger partial charge in [0.25, 0.3) is 15.9 Å². The summed E-state index contributed by atoms with van der Waals surface area (Å²) in [4.78, 5) is 24.5. The highest BCUT2D eigenvalue weighted by Crippen LogP contribution is 2.25. The summed E-state index contributed by atoms with van der Waals surface area (Å²) in [5.41, 5.74) is 1.85. The van der Waals surface area contributed by atoms with Crippen molar-refractivity contribution in [1.82, 2.24) is 4.31 Å². The minimum Gasteiger partial charge on any atom is -0.438 e. The van der Waals surface area contributed by atoms with E-state index in [1.807, 2.05) is 6.92 Å². The molecule has 2 N–H and O–H groups in total. The van der Waals surface area contributed by atoms with Gasteiger partial charge in [-0.1, -0.05) is 26.3 Å². The first-order valence-corrected chi connectivity index (χ1v) is 11.5. The quantitative estimate of drug-likeness (QED) is 0.723. The summed E-state index contributed by atoms with van der Waals surface area (Å²) in [7, 11) is -3.74. The van der Waals surface area contributed by atoms with Gasteiger partial charge in [0.05, 0.1) is 0 Å². The number of carbonyl (C=O) groups is 2. The van der Waals surface area contributed by atoms with Crippen molar-refractivity contribution in [2.45, 2.75) is 45.1 Å². The second-order valence-corrected chi connectivity index (χ2v) is 9.58. The van der Waals surface area contributed by atoms with E-state index in [0.29, 0.717) is 24.5 Å². The molecule has 3 rings (SSSR count). The summed E-state index contributed by atoms with van der Waals surface area (Å²) in [5.74, 6) is -0.963. The molecule has 2 amide bonds. The minimum absolute atomic E-state index is 0.0957. The average Bonchev–Trinajstić information content (AvgIpc) is 3.22. The van der Waals surface area contributed by atoms with E-state index in [1.165, 1.54) is 16.4 Å². The Labute approximate surface area is 176 Å². The molecular formula is C21H27N3O5S. The van der Waals surface area contributed by atoms with Crippen LogP contribution in [0.25, 0.3) is 0 Å². The first kappa shape index (κ1) is 22.0. The van der Waals surface area contributed by atoms with Crippen molar-refractivity contribution in [3.8, 4) is 0 Å². The monoisotopic (exact) mass is 433 g/mol. The number of nitrogens with one attached hydrogen (secondary N) is 2. The molecule has 162 valence electrons. The third kappa shape index (κ3) is 4.91. The third-order valence-corrected chi connectivity index (χ3v) is 6.76. The van der Waals surface area contributed by atoms with Crippen LogP contribution in [0.4, 0.5) is 11.4 Å². The summed E-state index contributed by atoms with van der Waals surface area (Å²) in [6, 6.07) is 7.85. The Balaban J connectivity index is 1.75. The minimum atomic E-state index is -3.74. The molecule has 2 aromatic rings. The summed E-state index contributed by atoms with van der Waals surface area (Å²) in [5, 5.41) is 5.27. The fraction of sp³-hybridized carbons (Fsp3) is 0.429. The molecule has 1 saturated heterocycles. The highest BCUT2D eigenvalue weighted by Gasteiger charge is 2.29. The van der Waals surface area contributed by atoms with Crippen LogP contribution in [0.2, 0.25) is 0 Å². The number of anilines is 2. The molecule has 0 atom stereocenters. The predicted molar refractivity (Wildman–Crippen MR) is 114 cm³/mol. The summed E-state index contributed by atoms with van der Waals surface area (Å²) >= 11 is 0. The molecule has 0 spiro atoms. The van der Waals surface area contributed by atoms with Crippen molar-refractivity contribution in [1.29, 1.82) is 0 Å². The maximum absolute atomic E-state index is 12.7. The Kier molecular flexibility index (Phi) is 6.62. The highest BCUT2D eigenvalue weighted by molar-refractivity contribution is 7.89. The van der Waals surface area contributed by atoms with Crippen LogP contribution < -0.4 is 10.6 Å². The maximum atomic E-state index is 12.7. The zero-order chi connectivity index (χ0) is 21.9. The first-order valence-electron chi connectivity index (χ1n) is 10.0. The lowest BCUT2D eigenvalue weighted by molar-refractivity contribution is -0.118. The molecule has 0 radical (unpaired) electrons. The fourth-order valence-corrected chi connectivity index (χ4v) is 4.55. The second-order valence-electron chi connectivity index (χ2n) is 7.71. The molecular weight excluding hydrogens is 406 g/mol. The SMILES string of the molecule is Cc1ccc(NC(=O)C(C)C)cc1NC(=O)c1ccc(S(=O)(=O)N2CCCCC2)o1. The number of amides is 2. The molecule has 0 bridgehead atoms. The number of hydrogen-bond donors (Lipinski definition) is 2. The Morgan fingerprint density at radius 2 is 1.73 bits per heavy atom. The fourth-order valence-electron chi connectivity index (χ4n) is 3.12. The van der Waals surface area contributed by atoms with Crippen LogP contribution >= 0.6 is 0 Å². The molecule has 0 unspecified atom stereocenters. The molecule has 2 heterocycles. The van der Waals surface area contributed by atoms with Gasteiger partial charge in [-0.05, 0) is 49.6 Å². The molecule has 8 nitrogen and oxygen atoms in total. The Morgan fingerprint density at radius 1 is 1.03 bits per heavy atom. The molecule has 1 fully saturated rings. The van der Waals surface area contributed by atoms with E-state index in [-0.39, 0.29) is 22.7 Å². The van der Waals surface area contributed by atoms with E-state index in [4.69, 9.17) is 4.42 Å². The standard InChI is InChI=1S/C21H27N3O5S/c1-14(2)20(25)22-16-8-7-15(3)17(13-16)23-21(26)18-9-10-19(29-18)30(27,28)24-11-5-4-6-12-24/h7-10,13-14H,4-6,11-12H2,1-3H3,(H,22,25)(H,23,26). The van der Waals surface area contributed by atoms with E-state index in [1.54, 1.807) is 32.0 Å². The Morgan fingerprint density at radius 3 is 2.40 bits per heavy atom. The highest BCUT2D eigenvalue weighted by atomic mass is 32.2. The van der Waals surface area contributed by atoms with E-state index in [9.17, 15) is 18.0 Å². The lowest BCUT2D eigenvalue weighted by Crippen LogP contribution is -2.35. The zero-order valence-corrected chi connectivity index (χ0v) is 18.2. The molecule has 0 saturated carbocycles. The largest absolute Gasteiger partial charge is 0.438 e. The van der Waals surface area contributed by atoms with E-state index < -0.39 is 15.9 Å². The Hall–Kier alpha value is -2.65. The molecule has 9 heteroatoms. The normalized spacial score (nSPS) is 15.2. The van der Waals surface area contributed by atoms with Gasteiger partial charge in [-0.15, -0.1) is 0 Å². The van der Waals surface area contributed by atoms with Gasteiger partial charge >= 0.3 is 0 Å². The third-order valence-electron chi connectivity index (χ3n) is 4.99. The van der Waals surface area contributed by atoms with Crippen LogP contribution in [0.15, 0.2) is 39.8 Å². The Bertz CT molecular complexity index is 1040. The van der Waals surface area contributed by atoms with Gasteiger partial charge in [-0.25, -0.2) is 8.42 Å². The lowest BCUT2D eigenvalue weighted by atomic mass is 10.1. The number of carbonyl (C=O) groups excluding carboxylic acids is 2. The van der Waals surface area contributed by atoms with Gasteiger partial charge in [0.2, 0.25) is 11.0 Å². The number of hydrogen-bond acceptors (Lipinski definition) is 5. The van der Waals surface area contributed by atoms with Crippen LogP contribution in [0, 0.1) is 12.8 Å². The summed E-state index contributed by atoms with van der Waals surface area (Å²) in [6.07, 6.45) is 2.64. The van der Waals surface area contributed by atoms with Gasteiger partial charge in [0.15, 0.2) is 5.76 Å². The van der Waals surface area contributed by atoms with Crippen molar-refractivity contribution < 1.29 is 22.4 Å². The van der Waals surface area contributed by atoms with E-state index in [2.05, 4.69) is 10.6 Å². The molecule has 1 aliphatic heterocycles. The van der Waals surface area contributed by atoms with Crippen LogP contribution in [0.5, 0.6) is 0 Å². The summed E-state index contributed by atoms with van der Waals surface area (Å²) in [6.45, 7) is 6.31. The molecule has 1 aromatic heterocycles. The molecule has 30 heavy (non-hydrogen) atoms. The van der Waals surface area contributed by atoms with Crippen molar-refractivity contribution in [2.75, 3.05) is 23.7 Å². The van der Waals surface area contributed by atoms with Crippen LogP contribution in [-0.2, 0) is 14.8 Å². The van der Waals surface area contributed by atoms with Gasteiger partial charge in [0, 0.05) is 30.4 Å². The number of nitrogens with zero attached hydrogens (tertiary/aromatic N) is 1. The number of rotatable bonds is 6. The van der Waals surface area contributed by atoms with Crippen molar-refractivity contribution in [3.05, 3.63) is 41.7 Å². The average molecular weight is 434 g/mol. The van der Waals surface area contributed by atoms with Gasteiger partial charge < -0.3 is 15.1 Å². The van der Waals surface area contributed by atoms with Crippen LogP contribution in [0.1, 0.15) is 49.2 Å². The van der Waals surface area contributed by atoms with Crippen molar-refractivity contribution in [3.63, 3.8) is 0 Å². The topological polar surface area (TPSA) is 109 Å². The number of piperidine rings is 1.